The maximum absolute atomic E-state index is 12.6. The molecule has 0 atom stereocenters. The van der Waals surface area contributed by atoms with Gasteiger partial charge in [0.25, 0.3) is 5.91 Å². The van der Waals surface area contributed by atoms with Gasteiger partial charge in [-0.1, -0.05) is 12.1 Å². The summed E-state index contributed by atoms with van der Waals surface area (Å²) in [6.45, 7) is 1.68. The number of fused-ring (bicyclic) bond motifs is 1. The van der Waals surface area contributed by atoms with Crippen molar-refractivity contribution in [1.82, 2.24) is 14.5 Å². The van der Waals surface area contributed by atoms with Gasteiger partial charge in [-0.3, -0.25) is 9.59 Å². The molecule has 0 aliphatic carbocycles. The fourth-order valence-electron chi connectivity index (χ4n) is 3.52. The quantitative estimate of drug-likeness (QED) is 0.741. The van der Waals surface area contributed by atoms with Crippen molar-refractivity contribution in [3.8, 4) is 5.75 Å². The average molecular weight is 378 g/mol. The van der Waals surface area contributed by atoms with Gasteiger partial charge in [-0.2, -0.15) is 0 Å². The molecule has 3 aromatic rings. The van der Waals surface area contributed by atoms with Gasteiger partial charge in [0.1, 0.15) is 12.3 Å². The monoisotopic (exact) mass is 378 g/mol. The van der Waals surface area contributed by atoms with Crippen LogP contribution in [0.1, 0.15) is 23.2 Å². The molecule has 7 nitrogen and oxygen atoms in total. The zero-order valence-corrected chi connectivity index (χ0v) is 15.7. The van der Waals surface area contributed by atoms with E-state index in [1.165, 1.54) is 7.11 Å². The number of anilines is 1. The van der Waals surface area contributed by atoms with Gasteiger partial charge in [-0.05, 0) is 43.2 Å². The molecule has 2 heterocycles. The molecule has 0 unspecified atom stereocenters. The standard InChI is InChI=1S/C21H22N4O3/c1-28-19-9-8-15(21(27)24-10-4-5-11-24)12-17(19)23-20(26)13-25-14-22-16-6-2-3-7-18(16)25/h2-3,6-9,12,14H,4-5,10-11,13H2,1H3,(H,23,26). The number of likely N-dealkylation sites (tertiary alicyclic amines) is 1. The molecule has 4 rings (SSSR count). The van der Waals surface area contributed by atoms with Crippen LogP contribution in [0.15, 0.2) is 48.8 Å². The van der Waals surface area contributed by atoms with Gasteiger partial charge in [-0.25, -0.2) is 4.98 Å². The van der Waals surface area contributed by atoms with Gasteiger partial charge in [0.05, 0.1) is 30.2 Å². The van der Waals surface area contributed by atoms with Crippen molar-refractivity contribution in [2.24, 2.45) is 0 Å². The van der Waals surface area contributed by atoms with Gasteiger partial charge in [0, 0.05) is 18.7 Å². The summed E-state index contributed by atoms with van der Waals surface area (Å²) in [6, 6.07) is 12.8. The fourth-order valence-corrected chi connectivity index (χ4v) is 3.52. The third-order valence-electron chi connectivity index (χ3n) is 4.96. The largest absolute Gasteiger partial charge is 0.495 e. The molecule has 7 heteroatoms. The predicted molar refractivity (Wildman–Crippen MR) is 106 cm³/mol. The third-order valence-corrected chi connectivity index (χ3v) is 4.96. The van der Waals surface area contributed by atoms with Crippen molar-refractivity contribution >= 4 is 28.5 Å². The predicted octanol–water partition coefficient (Wildman–Crippen LogP) is 2.92. The lowest BCUT2D eigenvalue weighted by Gasteiger charge is -2.17. The van der Waals surface area contributed by atoms with Crippen molar-refractivity contribution in [1.29, 1.82) is 0 Å². The van der Waals surface area contributed by atoms with Crippen LogP contribution in [0.2, 0.25) is 0 Å². The lowest BCUT2D eigenvalue weighted by molar-refractivity contribution is -0.116. The van der Waals surface area contributed by atoms with Gasteiger partial charge in [0.15, 0.2) is 0 Å². The zero-order chi connectivity index (χ0) is 19.5. The van der Waals surface area contributed by atoms with E-state index in [2.05, 4.69) is 10.3 Å². The minimum atomic E-state index is -0.216. The second-order valence-electron chi connectivity index (χ2n) is 6.82. The van der Waals surface area contributed by atoms with E-state index in [1.54, 1.807) is 29.1 Å². The Labute approximate surface area is 162 Å². The maximum Gasteiger partial charge on any atom is 0.253 e. The van der Waals surface area contributed by atoms with Crippen LogP contribution < -0.4 is 10.1 Å². The molecule has 1 aromatic heterocycles. The van der Waals surface area contributed by atoms with Crippen LogP contribution in [0, 0.1) is 0 Å². The van der Waals surface area contributed by atoms with Crippen molar-refractivity contribution < 1.29 is 14.3 Å². The molecule has 0 bridgehead atoms. The molecule has 2 aromatic carbocycles. The summed E-state index contributed by atoms with van der Waals surface area (Å²) in [5, 5.41) is 2.87. The van der Waals surface area contributed by atoms with Crippen LogP contribution in [0.5, 0.6) is 5.75 Å². The Hall–Kier alpha value is -3.35. The summed E-state index contributed by atoms with van der Waals surface area (Å²) in [6.07, 6.45) is 3.71. The van der Waals surface area contributed by atoms with E-state index in [-0.39, 0.29) is 18.4 Å². The Morgan fingerprint density at radius 1 is 1.14 bits per heavy atom. The van der Waals surface area contributed by atoms with E-state index in [1.807, 2.05) is 29.2 Å². The number of amides is 2. The minimum Gasteiger partial charge on any atom is -0.495 e. The van der Waals surface area contributed by atoms with Gasteiger partial charge in [-0.15, -0.1) is 0 Å². The number of aromatic nitrogens is 2. The van der Waals surface area contributed by atoms with Crippen molar-refractivity contribution in [3.05, 3.63) is 54.4 Å². The number of rotatable bonds is 5. The molecule has 1 saturated heterocycles. The highest BCUT2D eigenvalue weighted by Crippen LogP contribution is 2.27. The van der Waals surface area contributed by atoms with E-state index < -0.39 is 0 Å². The molecule has 1 N–H and O–H groups in total. The number of hydrogen-bond donors (Lipinski definition) is 1. The van der Waals surface area contributed by atoms with Crippen LogP contribution in [0.25, 0.3) is 11.0 Å². The number of methoxy groups -OCH3 is 1. The van der Waals surface area contributed by atoms with E-state index in [9.17, 15) is 9.59 Å². The molecule has 1 aliphatic rings. The van der Waals surface area contributed by atoms with Crippen LogP contribution in [0.4, 0.5) is 5.69 Å². The molecule has 28 heavy (non-hydrogen) atoms. The number of benzene rings is 2. The van der Waals surface area contributed by atoms with Crippen molar-refractivity contribution in [3.63, 3.8) is 0 Å². The summed E-state index contributed by atoms with van der Waals surface area (Å²) >= 11 is 0. The van der Waals surface area contributed by atoms with Crippen LogP contribution in [0.3, 0.4) is 0 Å². The smallest absolute Gasteiger partial charge is 0.253 e. The highest BCUT2D eigenvalue weighted by molar-refractivity contribution is 5.98. The summed E-state index contributed by atoms with van der Waals surface area (Å²) in [4.78, 5) is 31.4. The number of imidazole rings is 1. The summed E-state index contributed by atoms with van der Waals surface area (Å²) < 4.78 is 7.14. The average Bonchev–Trinajstić information content (AvgIpc) is 3.38. The fraction of sp³-hybridized carbons (Fsp3) is 0.286. The van der Waals surface area contributed by atoms with E-state index >= 15 is 0 Å². The number of para-hydroxylation sites is 2. The number of carbonyl (C=O) groups excluding carboxylic acids is 2. The Morgan fingerprint density at radius 3 is 2.71 bits per heavy atom. The third kappa shape index (κ3) is 3.55. The van der Waals surface area contributed by atoms with Gasteiger partial charge < -0.3 is 19.5 Å². The normalized spacial score (nSPS) is 13.7. The van der Waals surface area contributed by atoms with Crippen molar-refractivity contribution in [2.75, 3.05) is 25.5 Å². The Bertz CT molecular complexity index is 1020. The first-order valence-electron chi connectivity index (χ1n) is 9.33. The highest BCUT2D eigenvalue weighted by Gasteiger charge is 2.21. The molecule has 2 amide bonds. The number of nitrogens with one attached hydrogen (secondary N) is 1. The highest BCUT2D eigenvalue weighted by atomic mass is 16.5. The molecule has 144 valence electrons. The first kappa shape index (κ1) is 18.0. The molecule has 0 saturated carbocycles. The summed E-state index contributed by atoms with van der Waals surface area (Å²) in [7, 11) is 1.54. The van der Waals surface area contributed by atoms with Crippen LogP contribution >= 0.6 is 0 Å². The van der Waals surface area contributed by atoms with Gasteiger partial charge >= 0.3 is 0 Å². The molecule has 1 aliphatic heterocycles. The second kappa shape index (κ2) is 7.72. The van der Waals surface area contributed by atoms with Gasteiger partial charge in [0.2, 0.25) is 5.91 Å². The maximum atomic E-state index is 12.6. The Balaban J connectivity index is 1.53. The van der Waals surface area contributed by atoms with Crippen molar-refractivity contribution in [2.45, 2.75) is 19.4 Å². The van der Waals surface area contributed by atoms with Crippen LogP contribution in [-0.2, 0) is 11.3 Å². The summed E-state index contributed by atoms with van der Waals surface area (Å²) in [5.41, 5.74) is 2.77. The lowest BCUT2D eigenvalue weighted by Crippen LogP contribution is -2.27. The number of ether oxygens (including phenoxy) is 1. The summed E-state index contributed by atoms with van der Waals surface area (Å²) in [5.74, 6) is 0.283. The Morgan fingerprint density at radius 2 is 1.93 bits per heavy atom. The van der Waals surface area contributed by atoms with Crippen LogP contribution in [-0.4, -0.2) is 46.5 Å². The lowest BCUT2D eigenvalue weighted by atomic mass is 10.1. The minimum absolute atomic E-state index is 0.0174. The molecule has 0 spiro atoms. The molecular formula is C21H22N4O3. The number of nitrogens with zero attached hydrogens (tertiary/aromatic N) is 3. The Kier molecular flexibility index (Phi) is 4.97. The topological polar surface area (TPSA) is 76.5 Å². The molecule has 0 radical (unpaired) electrons. The first-order chi connectivity index (χ1) is 13.7. The zero-order valence-electron chi connectivity index (χ0n) is 15.7. The number of carbonyl (C=O) groups is 2. The SMILES string of the molecule is COc1ccc(C(=O)N2CCCC2)cc1NC(=O)Cn1cnc2ccccc21. The molecule has 1 fully saturated rings. The van der Waals surface area contributed by atoms with E-state index in [0.717, 1.165) is 37.0 Å². The first-order valence-corrected chi connectivity index (χ1v) is 9.33. The van der Waals surface area contributed by atoms with E-state index in [0.29, 0.717) is 17.0 Å². The molecular weight excluding hydrogens is 356 g/mol. The number of hydrogen-bond acceptors (Lipinski definition) is 4. The second-order valence-corrected chi connectivity index (χ2v) is 6.82. The van der Waals surface area contributed by atoms with E-state index in [4.69, 9.17) is 4.74 Å².